The standard InChI is InChI=1S/C13H11ClO/c14-13-8-7-10(4-3-9-15)11-5-1-2-6-12(11)13/h1-8,15H,9H2. The summed E-state index contributed by atoms with van der Waals surface area (Å²) in [6, 6.07) is 11.8. The van der Waals surface area contributed by atoms with Crippen LogP contribution in [0, 0.1) is 0 Å². The zero-order valence-corrected chi connectivity index (χ0v) is 8.91. The van der Waals surface area contributed by atoms with Crippen molar-refractivity contribution in [2.75, 3.05) is 6.61 Å². The van der Waals surface area contributed by atoms with Crippen LogP contribution in [0.15, 0.2) is 42.5 Å². The molecule has 0 bridgehead atoms. The Morgan fingerprint density at radius 1 is 1.07 bits per heavy atom. The van der Waals surface area contributed by atoms with Crippen molar-refractivity contribution in [2.24, 2.45) is 0 Å². The van der Waals surface area contributed by atoms with Crippen molar-refractivity contribution in [2.45, 2.75) is 0 Å². The monoisotopic (exact) mass is 218 g/mol. The Balaban J connectivity index is 2.66. The molecule has 0 saturated heterocycles. The lowest BCUT2D eigenvalue weighted by Gasteiger charge is -2.03. The zero-order chi connectivity index (χ0) is 10.7. The Bertz CT molecular complexity index is 503. The van der Waals surface area contributed by atoms with Gasteiger partial charge in [0.1, 0.15) is 0 Å². The number of aliphatic hydroxyl groups is 1. The molecule has 0 aromatic heterocycles. The first kappa shape index (κ1) is 10.2. The number of hydrogen-bond donors (Lipinski definition) is 1. The lowest BCUT2D eigenvalue weighted by atomic mass is 10.0. The van der Waals surface area contributed by atoms with Gasteiger partial charge in [0.25, 0.3) is 0 Å². The van der Waals surface area contributed by atoms with Crippen molar-refractivity contribution in [1.82, 2.24) is 0 Å². The fourth-order valence-corrected chi connectivity index (χ4v) is 1.84. The molecule has 1 nitrogen and oxygen atoms in total. The van der Waals surface area contributed by atoms with Gasteiger partial charge in [-0.3, -0.25) is 0 Å². The van der Waals surface area contributed by atoms with E-state index in [4.69, 9.17) is 16.7 Å². The zero-order valence-electron chi connectivity index (χ0n) is 8.15. The van der Waals surface area contributed by atoms with E-state index < -0.39 is 0 Å². The van der Waals surface area contributed by atoms with E-state index in [0.29, 0.717) is 0 Å². The van der Waals surface area contributed by atoms with E-state index in [9.17, 15) is 0 Å². The number of hydrogen-bond acceptors (Lipinski definition) is 1. The summed E-state index contributed by atoms with van der Waals surface area (Å²) in [5, 5.41) is 11.6. The third-order valence-corrected chi connectivity index (χ3v) is 2.64. The van der Waals surface area contributed by atoms with Gasteiger partial charge in [-0.25, -0.2) is 0 Å². The minimum Gasteiger partial charge on any atom is -0.392 e. The van der Waals surface area contributed by atoms with Crippen LogP contribution >= 0.6 is 11.6 Å². The SMILES string of the molecule is OCC=Cc1ccc(Cl)c2ccccc12. The molecule has 2 rings (SSSR count). The highest BCUT2D eigenvalue weighted by Crippen LogP contribution is 2.26. The number of rotatable bonds is 2. The molecule has 0 heterocycles. The van der Waals surface area contributed by atoms with Gasteiger partial charge < -0.3 is 5.11 Å². The number of halogens is 1. The van der Waals surface area contributed by atoms with Crippen molar-refractivity contribution in [3.05, 3.63) is 53.1 Å². The Morgan fingerprint density at radius 2 is 1.80 bits per heavy atom. The first-order valence-corrected chi connectivity index (χ1v) is 5.15. The normalized spacial score (nSPS) is 11.3. The topological polar surface area (TPSA) is 20.2 Å². The van der Waals surface area contributed by atoms with Crippen LogP contribution in [0.4, 0.5) is 0 Å². The maximum Gasteiger partial charge on any atom is 0.0615 e. The summed E-state index contributed by atoms with van der Waals surface area (Å²) in [7, 11) is 0. The minimum absolute atomic E-state index is 0.0525. The number of benzene rings is 2. The van der Waals surface area contributed by atoms with Gasteiger partial charge in [-0.1, -0.05) is 54.1 Å². The molecule has 0 spiro atoms. The van der Waals surface area contributed by atoms with Gasteiger partial charge in [0.05, 0.1) is 6.61 Å². The van der Waals surface area contributed by atoms with Crippen molar-refractivity contribution in [3.63, 3.8) is 0 Å². The average Bonchev–Trinajstić information content (AvgIpc) is 2.29. The molecule has 1 N–H and O–H groups in total. The van der Waals surface area contributed by atoms with Gasteiger partial charge in [0.2, 0.25) is 0 Å². The maximum atomic E-state index is 8.74. The second-order valence-corrected chi connectivity index (χ2v) is 3.67. The summed E-state index contributed by atoms with van der Waals surface area (Å²) in [5.74, 6) is 0. The molecular weight excluding hydrogens is 208 g/mol. The van der Waals surface area contributed by atoms with E-state index in [1.54, 1.807) is 6.08 Å². The van der Waals surface area contributed by atoms with E-state index >= 15 is 0 Å². The second-order valence-electron chi connectivity index (χ2n) is 3.27. The molecule has 0 aliphatic carbocycles. The molecule has 0 atom stereocenters. The summed E-state index contributed by atoms with van der Waals surface area (Å²) in [5.41, 5.74) is 1.07. The maximum absolute atomic E-state index is 8.74. The molecule has 0 aliphatic heterocycles. The van der Waals surface area contributed by atoms with Gasteiger partial charge in [-0.2, -0.15) is 0 Å². The van der Waals surface area contributed by atoms with Crippen molar-refractivity contribution in [3.8, 4) is 0 Å². The molecule has 2 aromatic rings. The molecule has 2 heteroatoms. The van der Waals surface area contributed by atoms with E-state index in [1.165, 1.54) is 0 Å². The van der Waals surface area contributed by atoms with Gasteiger partial charge >= 0.3 is 0 Å². The quantitative estimate of drug-likeness (QED) is 0.818. The second kappa shape index (κ2) is 4.47. The van der Waals surface area contributed by atoms with Gasteiger partial charge in [-0.15, -0.1) is 0 Å². The molecule has 0 unspecified atom stereocenters. The predicted molar refractivity (Wildman–Crippen MR) is 65.1 cm³/mol. The predicted octanol–water partition coefficient (Wildman–Crippen LogP) is 3.50. The third-order valence-electron chi connectivity index (χ3n) is 2.31. The molecule has 0 radical (unpaired) electrons. The molecular formula is C13H11ClO. The Kier molecular flexibility index (Phi) is 3.05. The molecule has 2 aromatic carbocycles. The first-order chi connectivity index (χ1) is 7.33. The first-order valence-electron chi connectivity index (χ1n) is 4.77. The Morgan fingerprint density at radius 3 is 2.53 bits per heavy atom. The summed E-state index contributed by atoms with van der Waals surface area (Å²) in [6.45, 7) is 0.0525. The fourth-order valence-electron chi connectivity index (χ4n) is 1.61. The van der Waals surface area contributed by atoms with E-state index in [1.807, 2.05) is 42.5 Å². The molecule has 15 heavy (non-hydrogen) atoms. The highest BCUT2D eigenvalue weighted by atomic mass is 35.5. The summed E-state index contributed by atoms with van der Waals surface area (Å²) in [6.07, 6.45) is 3.62. The van der Waals surface area contributed by atoms with Crippen molar-refractivity contribution >= 4 is 28.4 Å². The molecule has 0 fully saturated rings. The van der Waals surface area contributed by atoms with Crippen molar-refractivity contribution in [1.29, 1.82) is 0 Å². The highest BCUT2D eigenvalue weighted by Gasteiger charge is 2.00. The lowest BCUT2D eigenvalue weighted by Crippen LogP contribution is -1.80. The Hall–Kier alpha value is -1.31. The van der Waals surface area contributed by atoms with Gasteiger partial charge in [0, 0.05) is 10.4 Å². The third kappa shape index (κ3) is 2.04. The van der Waals surface area contributed by atoms with Crippen LogP contribution in [-0.4, -0.2) is 11.7 Å². The summed E-state index contributed by atoms with van der Waals surface area (Å²) in [4.78, 5) is 0. The van der Waals surface area contributed by atoms with Crippen LogP contribution in [-0.2, 0) is 0 Å². The molecule has 0 aliphatic rings. The Labute approximate surface area is 93.6 Å². The van der Waals surface area contributed by atoms with Crippen LogP contribution in [0.1, 0.15) is 5.56 Å². The van der Waals surface area contributed by atoms with Crippen LogP contribution in [0.3, 0.4) is 0 Å². The smallest absolute Gasteiger partial charge is 0.0615 e. The molecule has 0 saturated carbocycles. The fraction of sp³-hybridized carbons (Fsp3) is 0.0769. The van der Waals surface area contributed by atoms with Crippen molar-refractivity contribution < 1.29 is 5.11 Å². The molecule has 76 valence electrons. The van der Waals surface area contributed by atoms with E-state index in [2.05, 4.69) is 0 Å². The summed E-state index contributed by atoms with van der Waals surface area (Å²) < 4.78 is 0. The van der Waals surface area contributed by atoms with Crippen LogP contribution < -0.4 is 0 Å². The largest absolute Gasteiger partial charge is 0.392 e. The number of aliphatic hydroxyl groups excluding tert-OH is 1. The van der Waals surface area contributed by atoms with Crippen LogP contribution in [0.2, 0.25) is 5.02 Å². The molecule has 0 amide bonds. The summed E-state index contributed by atoms with van der Waals surface area (Å²) >= 11 is 6.09. The van der Waals surface area contributed by atoms with Gasteiger partial charge in [-0.05, 0) is 17.0 Å². The van der Waals surface area contributed by atoms with E-state index in [-0.39, 0.29) is 6.61 Å². The van der Waals surface area contributed by atoms with Crippen LogP contribution in [0.25, 0.3) is 16.8 Å². The van der Waals surface area contributed by atoms with E-state index in [0.717, 1.165) is 21.4 Å². The number of fused-ring (bicyclic) bond motifs is 1. The van der Waals surface area contributed by atoms with Gasteiger partial charge in [0.15, 0.2) is 0 Å². The lowest BCUT2D eigenvalue weighted by molar-refractivity contribution is 0.343. The highest BCUT2D eigenvalue weighted by molar-refractivity contribution is 6.35. The van der Waals surface area contributed by atoms with Crippen LogP contribution in [0.5, 0.6) is 0 Å². The average molecular weight is 219 g/mol. The minimum atomic E-state index is 0.0525.